The first-order valence-electron chi connectivity index (χ1n) is 7.42. The van der Waals surface area contributed by atoms with Crippen molar-refractivity contribution >= 4 is 17.7 Å². The lowest BCUT2D eigenvalue weighted by Gasteiger charge is -2.18. The van der Waals surface area contributed by atoms with Crippen LogP contribution in [0.1, 0.15) is 20.8 Å². The van der Waals surface area contributed by atoms with Gasteiger partial charge in [-0.2, -0.15) is 5.10 Å². The van der Waals surface area contributed by atoms with Crippen LogP contribution >= 0.6 is 11.8 Å². The number of carbonyl (C=O) groups is 1. The third-order valence-electron chi connectivity index (χ3n) is 3.21. The second-order valence-corrected chi connectivity index (χ2v) is 7.17. The first-order chi connectivity index (χ1) is 10.9. The van der Waals surface area contributed by atoms with Gasteiger partial charge in [-0.1, -0.05) is 12.1 Å². The van der Waals surface area contributed by atoms with Gasteiger partial charge in [-0.05, 0) is 32.9 Å². The summed E-state index contributed by atoms with van der Waals surface area (Å²) in [5.41, 5.74) is 0.901. The molecule has 0 aliphatic rings. The lowest BCUT2D eigenvalue weighted by Crippen LogP contribution is -2.26. The predicted molar refractivity (Wildman–Crippen MR) is 89.5 cm³/mol. The summed E-state index contributed by atoms with van der Waals surface area (Å²) in [7, 11) is 0. The maximum absolute atomic E-state index is 11.2. The Balaban J connectivity index is 2.03. The minimum atomic E-state index is -0.860. The molecule has 0 atom stereocenters. The van der Waals surface area contributed by atoms with Gasteiger partial charge in [0.25, 0.3) is 0 Å². The zero-order chi connectivity index (χ0) is 16.9. The Hall–Kier alpha value is -1.86. The number of carboxylic acids is 1. The standard InChI is InChI=1S/C16H21N3O3S/c1-4-22-10-9-19-11-17-14(18-19)12-5-7-13(8-6-12)23-16(2,3)15(20)21/h5-8,11H,4,9-10H2,1-3H3,(H,20,21). The van der Waals surface area contributed by atoms with E-state index in [0.717, 1.165) is 10.5 Å². The molecule has 0 unspecified atom stereocenters. The number of aromatic nitrogens is 3. The summed E-state index contributed by atoms with van der Waals surface area (Å²) >= 11 is 1.31. The molecule has 0 radical (unpaired) electrons. The van der Waals surface area contributed by atoms with Gasteiger partial charge in [0.15, 0.2) is 5.82 Å². The van der Waals surface area contributed by atoms with E-state index < -0.39 is 10.7 Å². The summed E-state index contributed by atoms with van der Waals surface area (Å²) in [5.74, 6) is -0.183. The second-order valence-electron chi connectivity index (χ2n) is 5.47. The third kappa shape index (κ3) is 4.80. The van der Waals surface area contributed by atoms with E-state index >= 15 is 0 Å². The number of rotatable bonds is 8. The molecule has 0 aliphatic carbocycles. The van der Waals surface area contributed by atoms with E-state index in [1.165, 1.54) is 11.8 Å². The number of carboxylic acid groups (broad SMARTS) is 1. The summed E-state index contributed by atoms with van der Waals surface area (Å²) in [6.07, 6.45) is 1.69. The first kappa shape index (κ1) is 17.5. The molecule has 0 spiro atoms. The minimum Gasteiger partial charge on any atom is -0.480 e. The third-order valence-corrected chi connectivity index (χ3v) is 4.40. The maximum atomic E-state index is 11.2. The molecule has 1 heterocycles. The van der Waals surface area contributed by atoms with E-state index in [2.05, 4.69) is 10.1 Å². The first-order valence-corrected chi connectivity index (χ1v) is 8.24. The molecule has 0 saturated heterocycles. The lowest BCUT2D eigenvalue weighted by atomic mass is 10.2. The normalized spacial score (nSPS) is 11.6. The number of hydrogen-bond acceptors (Lipinski definition) is 5. The Morgan fingerprint density at radius 1 is 1.35 bits per heavy atom. The van der Waals surface area contributed by atoms with E-state index in [4.69, 9.17) is 4.74 Å². The Bertz CT molecular complexity index is 653. The van der Waals surface area contributed by atoms with Crippen LogP contribution in [0.2, 0.25) is 0 Å². The van der Waals surface area contributed by atoms with Crippen LogP contribution in [0.25, 0.3) is 11.4 Å². The van der Waals surface area contributed by atoms with Crippen molar-refractivity contribution in [1.82, 2.24) is 14.8 Å². The van der Waals surface area contributed by atoms with Crippen molar-refractivity contribution in [1.29, 1.82) is 0 Å². The molecule has 0 aliphatic heterocycles. The van der Waals surface area contributed by atoms with E-state index in [9.17, 15) is 9.90 Å². The number of ether oxygens (including phenoxy) is 1. The highest BCUT2D eigenvalue weighted by atomic mass is 32.2. The molecule has 0 amide bonds. The molecule has 2 rings (SSSR count). The average molecular weight is 335 g/mol. The number of aliphatic carboxylic acids is 1. The summed E-state index contributed by atoms with van der Waals surface area (Å²) in [4.78, 5) is 16.4. The Morgan fingerprint density at radius 2 is 2.04 bits per heavy atom. The fourth-order valence-electron chi connectivity index (χ4n) is 1.85. The molecule has 124 valence electrons. The van der Waals surface area contributed by atoms with Gasteiger partial charge in [0, 0.05) is 17.1 Å². The van der Waals surface area contributed by atoms with Crippen LogP contribution in [0.15, 0.2) is 35.5 Å². The van der Waals surface area contributed by atoms with Gasteiger partial charge >= 0.3 is 5.97 Å². The van der Waals surface area contributed by atoms with Crippen LogP contribution < -0.4 is 0 Å². The zero-order valence-corrected chi connectivity index (χ0v) is 14.3. The van der Waals surface area contributed by atoms with Crippen molar-refractivity contribution in [2.75, 3.05) is 13.2 Å². The summed E-state index contributed by atoms with van der Waals surface area (Å²) in [5, 5.41) is 13.6. The lowest BCUT2D eigenvalue weighted by molar-refractivity contribution is -0.138. The van der Waals surface area contributed by atoms with E-state index in [-0.39, 0.29) is 0 Å². The molecular weight excluding hydrogens is 314 g/mol. The molecular formula is C16H21N3O3S. The Kier molecular flexibility index (Phi) is 5.79. The molecule has 1 N–H and O–H groups in total. The molecule has 1 aromatic carbocycles. The highest BCUT2D eigenvalue weighted by molar-refractivity contribution is 8.01. The highest BCUT2D eigenvalue weighted by Gasteiger charge is 2.28. The molecule has 0 saturated carbocycles. The van der Waals surface area contributed by atoms with Crippen molar-refractivity contribution in [2.45, 2.75) is 37.0 Å². The van der Waals surface area contributed by atoms with Crippen molar-refractivity contribution in [3.05, 3.63) is 30.6 Å². The van der Waals surface area contributed by atoms with Crippen LogP contribution in [0.3, 0.4) is 0 Å². The van der Waals surface area contributed by atoms with Crippen LogP contribution in [0.4, 0.5) is 0 Å². The van der Waals surface area contributed by atoms with Crippen LogP contribution in [-0.4, -0.2) is 43.8 Å². The SMILES string of the molecule is CCOCCn1cnc(-c2ccc(SC(C)(C)C(=O)O)cc2)n1. The fourth-order valence-corrected chi connectivity index (χ4v) is 2.80. The maximum Gasteiger partial charge on any atom is 0.319 e. The van der Waals surface area contributed by atoms with Crippen molar-refractivity contribution in [3.8, 4) is 11.4 Å². The van der Waals surface area contributed by atoms with Crippen LogP contribution in [0, 0.1) is 0 Å². The predicted octanol–water partition coefficient (Wildman–Crippen LogP) is 2.94. The van der Waals surface area contributed by atoms with Gasteiger partial charge in [0.1, 0.15) is 11.1 Å². The molecule has 23 heavy (non-hydrogen) atoms. The molecule has 6 nitrogen and oxygen atoms in total. The van der Waals surface area contributed by atoms with Crippen molar-refractivity contribution in [2.24, 2.45) is 0 Å². The smallest absolute Gasteiger partial charge is 0.319 e. The molecule has 0 fully saturated rings. The quantitative estimate of drug-likeness (QED) is 0.590. The van der Waals surface area contributed by atoms with Crippen LogP contribution in [0.5, 0.6) is 0 Å². The highest BCUT2D eigenvalue weighted by Crippen LogP contribution is 2.33. The molecule has 0 bridgehead atoms. The molecule has 1 aromatic heterocycles. The van der Waals surface area contributed by atoms with Gasteiger partial charge < -0.3 is 9.84 Å². The summed E-state index contributed by atoms with van der Waals surface area (Å²) in [6.45, 7) is 7.30. The van der Waals surface area contributed by atoms with Gasteiger partial charge in [0.05, 0.1) is 13.2 Å². The van der Waals surface area contributed by atoms with E-state index in [1.54, 1.807) is 24.9 Å². The number of thioether (sulfide) groups is 1. The number of nitrogens with zero attached hydrogens (tertiary/aromatic N) is 3. The fraction of sp³-hybridized carbons (Fsp3) is 0.438. The number of benzene rings is 1. The van der Waals surface area contributed by atoms with Crippen LogP contribution in [-0.2, 0) is 16.1 Å². The topological polar surface area (TPSA) is 77.2 Å². The number of hydrogen-bond donors (Lipinski definition) is 1. The largest absolute Gasteiger partial charge is 0.480 e. The zero-order valence-electron chi connectivity index (χ0n) is 13.5. The average Bonchev–Trinajstić information content (AvgIpc) is 2.96. The van der Waals surface area contributed by atoms with Crippen molar-refractivity contribution in [3.63, 3.8) is 0 Å². The monoisotopic (exact) mass is 335 g/mol. The van der Waals surface area contributed by atoms with Gasteiger partial charge in [0.2, 0.25) is 0 Å². The van der Waals surface area contributed by atoms with E-state index in [0.29, 0.717) is 25.6 Å². The van der Waals surface area contributed by atoms with E-state index in [1.807, 2.05) is 31.2 Å². The van der Waals surface area contributed by atoms with Gasteiger partial charge in [-0.15, -0.1) is 11.8 Å². The summed E-state index contributed by atoms with van der Waals surface area (Å²) in [6, 6.07) is 7.60. The van der Waals surface area contributed by atoms with Gasteiger partial charge in [-0.3, -0.25) is 9.48 Å². The Labute approximate surface area is 139 Å². The second kappa shape index (κ2) is 7.61. The van der Waals surface area contributed by atoms with Gasteiger partial charge in [-0.25, -0.2) is 4.98 Å². The minimum absolute atomic E-state index is 0.610. The Morgan fingerprint density at radius 3 is 2.65 bits per heavy atom. The van der Waals surface area contributed by atoms with Crippen molar-refractivity contribution < 1.29 is 14.6 Å². The molecule has 2 aromatic rings. The molecule has 7 heteroatoms. The summed E-state index contributed by atoms with van der Waals surface area (Å²) < 4.78 is 6.19.